The third-order valence-corrected chi connectivity index (χ3v) is 26.1. The lowest BCUT2D eigenvalue weighted by Crippen LogP contribution is -2.59. The van der Waals surface area contributed by atoms with Gasteiger partial charge in [0.1, 0.15) is 54.4 Å². The van der Waals surface area contributed by atoms with Crippen LogP contribution in [0.1, 0.15) is 144 Å². The summed E-state index contributed by atoms with van der Waals surface area (Å²) in [6.45, 7) is 6.02. The molecule has 16 amide bonds. The van der Waals surface area contributed by atoms with Crippen molar-refractivity contribution in [3.63, 3.8) is 0 Å². The number of unbranched alkanes of at least 4 members (excludes halogenated alkanes) is 1. The zero-order valence-corrected chi connectivity index (χ0v) is 83.7. The molecule has 0 radical (unpaired) electrons. The van der Waals surface area contributed by atoms with Crippen LogP contribution in [0, 0.1) is 5.41 Å². The van der Waals surface area contributed by atoms with Gasteiger partial charge in [-0.05, 0) is 94.4 Å². The lowest BCUT2D eigenvalue weighted by molar-refractivity contribution is -0.147. The lowest BCUT2D eigenvalue weighted by Gasteiger charge is -2.33. The number of nitrogens with two attached hydrogens (primary N) is 4. The van der Waals surface area contributed by atoms with Gasteiger partial charge in [-0.15, -0.1) is 23.5 Å². The zero-order chi connectivity index (χ0) is 107. The third-order valence-electron chi connectivity index (χ3n) is 23.5. The quantitative estimate of drug-likeness (QED) is 0.0166. The van der Waals surface area contributed by atoms with E-state index in [9.17, 15) is 112 Å². The molecule has 2 aromatic carbocycles. The summed E-state index contributed by atoms with van der Waals surface area (Å²) in [6.07, 6.45) is -3.51. The number of amides is 16. The number of primary amides is 3. The molecule has 0 aromatic heterocycles. The van der Waals surface area contributed by atoms with Crippen molar-refractivity contribution in [1.29, 1.82) is 5.41 Å². The van der Waals surface area contributed by atoms with Crippen molar-refractivity contribution in [3.05, 3.63) is 81.1 Å². The Kier molecular flexibility index (Phi) is 54.8. The average Bonchev–Trinajstić information content (AvgIpc) is 1.64. The van der Waals surface area contributed by atoms with Gasteiger partial charge in [0.15, 0.2) is 12.2 Å². The minimum Gasteiger partial charge on any atom is -0.481 e. The highest BCUT2D eigenvalue weighted by Crippen LogP contribution is 2.36. The minimum absolute atomic E-state index is 0.000500. The monoisotopic (exact) mass is 2100 g/mol. The Bertz CT molecular complexity index is 4750. The van der Waals surface area contributed by atoms with Crippen molar-refractivity contribution in [3.8, 4) is 0 Å². The van der Waals surface area contributed by atoms with Crippen LogP contribution in [0.15, 0.2) is 64.4 Å². The fourth-order valence-electron chi connectivity index (χ4n) is 15.9. The molecule has 52 nitrogen and oxygen atoms in total. The van der Waals surface area contributed by atoms with Crippen molar-refractivity contribution in [2.45, 2.75) is 203 Å². The molecule has 0 bridgehead atoms. The maximum absolute atomic E-state index is 15.4. The van der Waals surface area contributed by atoms with Gasteiger partial charge in [-0.25, -0.2) is 0 Å². The molecule has 146 heavy (non-hydrogen) atoms. The van der Waals surface area contributed by atoms with Crippen LogP contribution in [-0.4, -0.2) is 414 Å². The summed E-state index contributed by atoms with van der Waals surface area (Å²) in [6, 6.07) is -0.0202. The van der Waals surface area contributed by atoms with Crippen LogP contribution >= 0.6 is 23.5 Å². The number of hydrogen-bond acceptors (Lipinski definition) is 32. The molecule has 54 heteroatoms. The number of guanidine groups is 1. The lowest BCUT2D eigenvalue weighted by atomic mass is 10.0. The summed E-state index contributed by atoms with van der Waals surface area (Å²) in [5.41, 5.74) is 22.8. The normalized spacial score (nSPS) is 17.6. The molecule has 3 fully saturated rings. The van der Waals surface area contributed by atoms with Gasteiger partial charge in [0.05, 0.1) is 81.4 Å². The van der Waals surface area contributed by atoms with E-state index in [0.717, 1.165) is 0 Å². The van der Waals surface area contributed by atoms with Gasteiger partial charge in [-0.3, -0.25) is 121 Å². The van der Waals surface area contributed by atoms with Gasteiger partial charge in [0.25, 0.3) is 11.8 Å². The summed E-state index contributed by atoms with van der Waals surface area (Å²) in [5.74, 6) is -20.0. The average molecular weight is 2100 g/mol. The molecular weight excluding hydrogens is 1960 g/mol. The number of aliphatic hydroxyl groups is 2. The first-order chi connectivity index (χ1) is 69.6. The van der Waals surface area contributed by atoms with E-state index in [1.54, 1.807) is 45.0 Å². The fourth-order valence-corrected chi connectivity index (χ4v) is 18.3. The van der Waals surface area contributed by atoms with Gasteiger partial charge >= 0.3 is 23.9 Å². The van der Waals surface area contributed by atoms with Crippen LogP contribution in [0.25, 0.3) is 0 Å². The zero-order valence-electron chi connectivity index (χ0n) is 82.0. The second-order valence-corrected chi connectivity index (χ2v) is 37.4. The van der Waals surface area contributed by atoms with Gasteiger partial charge in [-0.2, -0.15) is 0 Å². The number of likely N-dealkylation sites (tertiary alicyclic amines) is 2. The fraction of sp³-hybridized carbons (Fsp3) is 0.620. The highest BCUT2D eigenvalue weighted by Gasteiger charge is 2.45. The van der Waals surface area contributed by atoms with Crippen molar-refractivity contribution in [2.75, 3.05) is 162 Å². The second-order valence-electron chi connectivity index (χ2n) is 35.3. The third kappa shape index (κ3) is 46.3. The first kappa shape index (κ1) is 122. The van der Waals surface area contributed by atoms with Crippen LogP contribution in [0.5, 0.6) is 0 Å². The number of carboxylic acids is 4. The molecule has 2 aromatic rings. The van der Waals surface area contributed by atoms with Gasteiger partial charge in [0, 0.05) is 148 Å². The van der Waals surface area contributed by atoms with E-state index in [1.165, 1.54) is 41.0 Å². The Hall–Kier alpha value is -12.8. The number of rotatable bonds is 66. The van der Waals surface area contributed by atoms with E-state index in [2.05, 4.69) is 63.8 Å². The molecule has 27 N–H and O–H groups in total. The van der Waals surface area contributed by atoms with Crippen LogP contribution < -0.4 is 86.7 Å². The number of ether oxygens (including phenoxy) is 3. The largest absolute Gasteiger partial charge is 0.481 e. The number of aliphatic carboxylic acids is 4. The molecule has 4 aliphatic rings. The first-order valence-corrected chi connectivity index (χ1v) is 50.3. The van der Waals surface area contributed by atoms with E-state index < -0.39 is 223 Å². The van der Waals surface area contributed by atoms with Gasteiger partial charge in [-0.1, -0.05) is 62.2 Å². The number of benzene rings is 2. The molecule has 3 saturated heterocycles. The Balaban J connectivity index is 1.12. The van der Waals surface area contributed by atoms with Crippen molar-refractivity contribution < 1.29 is 141 Å². The molecule has 6 rings (SSSR count). The summed E-state index contributed by atoms with van der Waals surface area (Å²) < 4.78 is 16.9. The Labute approximate surface area is 852 Å². The van der Waals surface area contributed by atoms with E-state index >= 15 is 14.4 Å². The maximum Gasteiger partial charge on any atom is 0.317 e. The Morgan fingerprint density at radius 3 is 1.49 bits per heavy atom. The number of carbonyl (C=O) groups excluding carboxylic acids is 16. The highest BCUT2D eigenvalue weighted by atomic mass is 32.2. The Morgan fingerprint density at radius 2 is 0.952 bits per heavy atom. The van der Waals surface area contributed by atoms with Crippen LogP contribution in [0.4, 0.5) is 0 Å². The summed E-state index contributed by atoms with van der Waals surface area (Å²) in [4.78, 5) is 277. The molecule has 4 heterocycles. The van der Waals surface area contributed by atoms with E-state index in [0.29, 0.717) is 79.8 Å². The number of carbonyl (C=O) groups is 20. The molecule has 4 aliphatic heterocycles. The topological polar surface area (TPSA) is 782 Å². The van der Waals surface area contributed by atoms with Crippen molar-refractivity contribution in [1.82, 2.24) is 93.2 Å². The second kappa shape index (κ2) is 65.6. The molecule has 0 saturated carbocycles. The molecule has 0 aliphatic carbocycles. The molecule has 11 atom stereocenters. The number of aliphatic hydroxyl groups excluding tert-OH is 2. The maximum atomic E-state index is 15.4. The Morgan fingerprint density at radius 1 is 0.466 bits per heavy atom. The van der Waals surface area contributed by atoms with Crippen LogP contribution in [0.3, 0.4) is 0 Å². The molecule has 810 valence electrons. The smallest absolute Gasteiger partial charge is 0.317 e. The standard InChI is InChI=1S/C92H141N23O29S2/c1-3-4-15-61(102-71(119)26-25-70(118)98-28-11-40-142-42-44-144-45-43-143-41-12-29-99-73(121)50-110-32-34-111(51-75(124)125)36-38-113(53-77(128)129)39-37-112(35-33-110)52-76(126)127)84(134)108-66(90(140)115-31-10-18-68(115)91(141)114-30-9-17-67(114)81(95)131)55-146-79-78(88(138)109-89(79)139)145-54-65(107-86(136)63(47-57-13-6-5-7-14-57)105-85(135)62(23-24-69(93)117)103-72(120)46-56(2)116)87(137)106-64(48-74(122)123)83(133)101-49-58-19-21-59(22-20-58)82(132)104-60(80(94)130)16-8-27-100-92(96)97/h5-7,13-14,19-22,56,60-68,89,116,139H,3-4,8-12,15-18,23-55H2,1-2H3,(H2,93,117)(H2,94,130)(H2,95,131)(H,98,118)(H,99,121)(H,101,133)(H,102,119)(H,103,120)(H,104,132)(H,105,135)(H,106,137)(H,107,136)(H,108,134)(H,109,138)(H,122,123)(H,124,125)(H,126,127)(H,128,129)(H4,96,97,100)/t56-,60+,61+,62+,63+,64+,65+,66+,67+,68+,89?/m1/s1. The van der Waals surface area contributed by atoms with Crippen molar-refractivity contribution >= 4 is 148 Å². The highest BCUT2D eigenvalue weighted by molar-refractivity contribution is 8.07. The van der Waals surface area contributed by atoms with E-state index in [-0.39, 0.29) is 223 Å². The van der Waals surface area contributed by atoms with E-state index in [4.69, 9.17) is 42.6 Å². The number of carboxylic acid groups (broad SMARTS) is 4. The predicted octanol–water partition coefficient (Wildman–Crippen LogP) is -7.09. The van der Waals surface area contributed by atoms with Crippen molar-refractivity contribution in [2.24, 2.45) is 22.9 Å². The molecular formula is C92H141N23O29S2. The predicted molar refractivity (Wildman–Crippen MR) is 526 cm³/mol. The first-order valence-electron chi connectivity index (χ1n) is 48.4. The van der Waals surface area contributed by atoms with Gasteiger partial charge in [0.2, 0.25) is 82.7 Å². The number of thioether (sulfide) groups is 2. The summed E-state index contributed by atoms with van der Waals surface area (Å²) in [7, 11) is 0. The molecule has 0 spiro atoms. The number of nitrogens with zero attached hydrogens (tertiary/aromatic N) is 6. The summed E-state index contributed by atoms with van der Waals surface area (Å²) in [5, 5.41) is 98.6. The minimum atomic E-state index is -1.98. The van der Waals surface area contributed by atoms with E-state index in [1.807, 2.05) is 11.8 Å². The van der Waals surface area contributed by atoms with Crippen LogP contribution in [-0.2, 0) is 118 Å². The number of hydrogen-bond donors (Lipinski definition) is 23. The van der Waals surface area contributed by atoms with Gasteiger partial charge < -0.3 is 141 Å². The molecule has 1 unspecified atom stereocenters. The number of nitrogens with one attached hydrogen (secondary N) is 13. The SMILES string of the molecule is CCCC[C@H](NC(=O)CCC(=O)NCCCOCCOCCOCCCNC(=O)CN1CCN(CC(=O)O)CCN(CC(=O)O)CCN(CC(=O)O)CC1)C(=O)N[C@@H](CSC1=C(SC[C@H](NC(=O)[C@H](Cc2ccccc2)NC(=O)[C@H](CCC(N)=O)NC(=O)C[C@@H](C)O)C(=O)N[C@@H](CC(=O)O)C(=O)NCc2ccc(C(=O)N[C@@H](CCCNC(=N)N)C(N)=O)cc2)C(=O)NC1O)C(=O)N1CCC[C@H]1C(=O)N1CCC[C@H]1C(N)=O. The summed E-state index contributed by atoms with van der Waals surface area (Å²) >= 11 is 1.16. The van der Waals surface area contributed by atoms with Crippen LogP contribution in [0.2, 0.25) is 0 Å².